The zero-order valence-corrected chi connectivity index (χ0v) is 13.5. The van der Waals surface area contributed by atoms with Crippen molar-refractivity contribution in [2.75, 3.05) is 25.6 Å². The van der Waals surface area contributed by atoms with Gasteiger partial charge in [0.25, 0.3) is 5.56 Å². The lowest BCUT2D eigenvalue weighted by Crippen LogP contribution is -2.14. The molecule has 1 N–H and O–H groups in total. The summed E-state index contributed by atoms with van der Waals surface area (Å²) >= 11 is 3.25. The third kappa shape index (κ3) is 2.61. The highest BCUT2D eigenvalue weighted by Crippen LogP contribution is 2.30. The largest absolute Gasteiger partial charge is 0.378 e. The number of aromatic amines is 1. The van der Waals surface area contributed by atoms with Gasteiger partial charge in [-0.3, -0.25) is 4.79 Å². The van der Waals surface area contributed by atoms with Crippen molar-refractivity contribution >= 4 is 21.6 Å². The Balaban J connectivity index is 2.07. The van der Waals surface area contributed by atoms with Gasteiger partial charge in [-0.1, -0.05) is 0 Å². The minimum Gasteiger partial charge on any atom is -0.378 e. The van der Waals surface area contributed by atoms with Crippen LogP contribution in [0.15, 0.2) is 27.5 Å². The van der Waals surface area contributed by atoms with Crippen LogP contribution < -0.4 is 10.5 Å². The van der Waals surface area contributed by atoms with Crippen LogP contribution in [-0.4, -0.2) is 30.7 Å². The summed E-state index contributed by atoms with van der Waals surface area (Å²) in [5, 5.41) is 0. The fourth-order valence-electron chi connectivity index (χ4n) is 2.59. The standard InChI is InChI=1S/C15H16BrN3O2/c1-19-6-5-9-7-10(3-4-12(9)19)14-17-11(8-21-2)13(16)15(20)18-14/h3-4,7H,5-6,8H2,1-2H3,(H,17,18,20). The number of anilines is 1. The molecule has 2 heterocycles. The molecule has 2 aromatic rings. The molecule has 0 spiro atoms. The minimum absolute atomic E-state index is 0.190. The fraction of sp³-hybridized carbons (Fsp3) is 0.333. The highest BCUT2D eigenvalue weighted by atomic mass is 79.9. The zero-order valence-electron chi connectivity index (χ0n) is 11.9. The maximum atomic E-state index is 12.0. The van der Waals surface area contributed by atoms with Gasteiger partial charge < -0.3 is 14.6 Å². The maximum Gasteiger partial charge on any atom is 0.265 e. The monoisotopic (exact) mass is 349 g/mol. The topological polar surface area (TPSA) is 58.2 Å². The number of aromatic nitrogens is 2. The predicted octanol–water partition coefficient (Wildman–Crippen LogP) is 2.34. The highest BCUT2D eigenvalue weighted by Gasteiger charge is 2.17. The van der Waals surface area contributed by atoms with E-state index in [-0.39, 0.29) is 5.56 Å². The van der Waals surface area contributed by atoms with Crippen molar-refractivity contribution in [1.29, 1.82) is 0 Å². The van der Waals surface area contributed by atoms with Crippen molar-refractivity contribution in [1.82, 2.24) is 9.97 Å². The number of hydrogen-bond acceptors (Lipinski definition) is 4. The molecule has 0 radical (unpaired) electrons. The number of ether oxygens (including phenoxy) is 1. The van der Waals surface area contributed by atoms with Gasteiger partial charge in [-0.25, -0.2) is 4.98 Å². The van der Waals surface area contributed by atoms with E-state index < -0.39 is 0 Å². The van der Waals surface area contributed by atoms with E-state index in [4.69, 9.17) is 4.74 Å². The van der Waals surface area contributed by atoms with Crippen LogP contribution in [0.25, 0.3) is 11.4 Å². The first-order valence-corrected chi connectivity index (χ1v) is 7.51. The summed E-state index contributed by atoms with van der Waals surface area (Å²) in [4.78, 5) is 21.5. The number of halogens is 1. The summed E-state index contributed by atoms with van der Waals surface area (Å²) < 4.78 is 5.52. The Morgan fingerprint density at radius 1 is 1.48 bits per heavy atom. The van der Waals surface area contributed by atoms with Crippen molar-refractivity contribution in [2.45, 2.75) is 13.0 Å². The summed E-state index contributed by atoms with van der Waals surface area (Å²) in [6, 6.07) is 6.17. The molecule has 1 aromatic heterocycles. The molecule has 110 valence electrons. The van der Waals surface area contributed by atoms with Crippen LogP contribution in [0.2, 0.25) is 0 Å². The maximum absolute atomic E-state index is 12.0. The molecule has 6 heteroatoms. The van der Waals surface area contributed by atoms with Crippen molar-refractivity contribution in [3.63, 3.8) is 0 Å². The Morgan fingerprint density at radius 3 is 3.05 bits per heavy atom. The lowest BCUT2D eigenvalue weighted by Gasteiger charge is -2.12. The van der Waals surface area contributed by atoms with Gasteiger partial charge in [0, 0.05) is 32.0 Å². The van der Waals surface area contributed by atoms with Gasteiger partial charge in [0.05, 0.1) is 12.3 Å². The Bertz CT molecular complexity index is 742. The number of benzene rings is 1. The van der Waals surface area contributed by atoms with E-state index >= 15 is 0 Å². The summed E-state index contributed by atoms with van der Waals surface area (Å²) in [6.07, 6.45) is 1.02. The van der Waals surface area contributed by atoms with Gasteiger partial charge in [-0.2, -0.15) is 0 Å². The molecule has 1 aromatic carbocycles. The van der Waals surface area contributed by atoms with Crippen LogP contribution in [0.3, 0.4) is 0 Å². The van der Waals surface area contributed by atoms with Gasteiger partial charge >= 0.3 is 0 Å². The van der Waals surface area contributed by atoms with Crippen LogP contribution >= 0.6 is 15.9 Å². The van der Waals surface area contributed by atoms with Gasteiger partial charge in [-0.05, 0) is 46.1 Å². The normalized spacial score (nSPS) is 13.6. The molecule has 0 saturated heterocycles. The van der Waals surface area contributed by atoms with Crippen molar-refractivity contribution < 1.29 is 4.74 Å². The molecule has 0 bridgehead atoms. The van der Waals surface area contributed by atoms with Crippen LogP contribution in [-0.2, 0) is 17.8 Å². The quantitative estimate of drug-likeness (QED) is 0.923. The van der Waals surface area contributed by atoms with Crippen molar-refractivity contribution in [2.24, 2.45) is 0 Å². The molecule has 21 heavy (non-hydrogen) atoms. The van der Waals surface area contributed by atoms with Gasteiger partial charge in [-0.15, -0.1) is 0 Å². The Hall–Kier alpha value is -1.66. The third-order valence-corrected chi connectivity index (χ3v) is 4.51. The predicted molar refractivity (Wildman–Crippen MR) is 85.7 cm³/mol. The molecule has 0 atom stereocenters. The van der Waals surface area contributed by atoms with E-state index in [9.17, 15) is 4.79 Å². The van der Waals surface area contributed by atoms with Crippen LogP contribution in [0.1, 0.15) is 11.3 Å². The van der Waals surface area contributed by atoms with E-state index in [1.807, 2.05) is 6.07 Å². The SMILES string of the molecule is COCc1nc(-c2ccc3c(c2)CCN3C)[nH]c(=O)c1Br. The van der Waals surface area contributed by atoms with E-state index in [0.717, 1.165) is 18.5 Å². The lowest BCUT2D eigenvalue weighted by molar-refractivity contribution is 0.180. The first-order chi connectivity index (χ1) is 10.1. The molecule has 3 rings (SSSR count). The smallest absolute Gasteiger partial charge is 0.265 e. The Kier molecular flexibility index (Phi) is 3.82. The number of methoxy groups -OCH3 is 1. The van der Waals surface area contributed by atoms with Crippen LogP contribution in [0.5, 0.6) is 0 Å². The third-order valence-electron chi connectivity index (χ3n) is 3.69. The average molecular weight is 350 g/mol. The molecule has 0 aliphatic carbocycles. The van der Waals surface area contributed by atoms with Gasteiger partial charge in [0.2, 0.25) is 0 Å². The Labute approximate surface area is 131 Å². The first kappa shape index (κ1) is 14.3. The average Bonchev–Trinajstić information content (AvgIpc) is 2.85. The summed E-state index contributed by atoms with van der Waals surface area (Å²) in [7, 11) is 3.67. The van der Waals surface area contributed by atoms with E-state index in [2.05, 4.69) is 50.0 Å². The molecule has 0 amide bonds. The summed E-state index contributed by atoms with van der Waals surface area (Å²) in [6.45, 7) is 1.32. The molecule has 5 nitrogen and oxygen atoms in total. The zero-order chi connectivity index (χ0) is 15.0. The molecular weight excluding hydrogens is 334 g/mol. The highest BCUT2D eigenvalue weighted by molar-refractivity contribution is 9.10. The first-order valence-electron chi connectivity index (χ1n) is 6.72. The van der Waals surface area contributed by atoms with Crippen molar-refractivity contribution in [3.8, 4) is 11.4 Å². The van der Waals surface area contributed by atoms with E-state index in [1.54, 1.807) is 7.11 Å². The number of hydrogen-bond donors (Lipinski definition) is 1. The number of likely N-dealkylation sites (N-methyl/N-ethyl adjacent to an activating group) is 1. The van der Waals surface area contributed by atoms with Crippen LogP contribution in [0.4, 0.5) is 5.69 Å². The number of nitrogens with one attached hydrogen (secondary N) is 1. The van der Waals surface area contributed by atoms with Crippen LogP contribution in [0, 0.1) is 0 Å². The van der Waals surface area contributed by atoms with Crippen molar-refractivity contribution in [3.05, 3.63) is 44.3 Å². The number of nitrogens with zero attached hydrogens (tertiary/aromatic N) is 2. The fourth-order valence-corrected chi connectivity index (χ4v) is 2.89. The Morgan fingerprint density at radius 2 is 2.29 bits per heavy atom. The second-order valence-electron chi connectivity index (χ2n) is 5.12. The lowest BCUT2D eigenvalue weighted by atomic mass is 10.1. The van der Waals surface area contributed by atoms with Gasteiger partial charge in [0.15, 0.2) is 0 Å². The second kappa shape index (κ2) is 5.61. The molecule has 0 unspecified atom stereocenters. The molecule has 0 fully saturated rings. The molecule has 1 aliphatic heterocycles. The number of rotatable bonds is 3. The minimum atomic E-state index is -0.190. The van der Waals surface area contributed by atoms with E-state index in [0.29, 0.717) is 22.6 Å². The van der Waals surface area contributed by atoms with Gasteiger partial charge in [0.1, 0.15) is 10.3 Å². The summed E-state index contributed by atoms with van der Waals surface area (Å²) in [5.74, 6) is 0.576. The molecule has 1 aliphatic rings. The number of H-pyrrole nitrogens is 1. The second-order valence-corrected chi connectivity index (χ2v) is 5.92. The summed E-state index contributed by atoms with van der Waals surface area (Å²) in [5.41, 5.74) is 3.87. The van der Waals surface area contributed by atoms with E-state index in [1.165, 1.54) is 11.3 Å². The molecular formula is C15H16BrN3O2. The number of fused-ring (bicyclic) bond motifs is 1. The molecule has 0 saturated carbocycles.